The van der Waals surface area contributed by atoms with Crippen LogP contribution in [-0.4, -0.2) is 41.1 Å². The Hall–Kier alpha value is -1.39. The first-order chi connectivity index (χ1) is 8.65. The van der Waals surface area contributed by atoms with Gasteiger partial charge < -0.3 is 10.4 Å². The van der Waals surface area contributed by atoms with Crippen LogP contribution in [0, 0.1) is 0 Å². The van der Waals surface area contributed by atoms with Crippen molar-refractivity contribution in [1.29, 1.82) is 0 Å². The Balaban J connectivity index is 2.03. The molecule has 0 aliphatic carbocycles. The number of nitrogens with one attached hydrogen (secondary N) is 1. The van der Waals surface area contributed by atoms with Crippen LogP contribution in [0.15, 0.2) is 30.3 Å². The lowest BCUT2D eigenvalue weighted by Gasteiger charge is -2.38. The monoisotopic (exact) mass is 248 g/mol. The number of carboxylic acids is 1. The van der Waals surface area contributed by atoms with Gasteiger partial charge in [-0.25, -0.2) is 0 Å². The molecule has 0 spiro atoms. The van der Waals surface area contributed by atoms with Crippen molar-refractivity contribution in [2.24, 2.45) is 0 Å². The molecule has 1 saturated heterocycles. The average Bonchev–Trinajstić information content (AvgIpc) is 2.33. The SMILES string of the molecule is CC1CN(Cc2ccccc2)C(CC(=O)O)CN1. The molecule has 1 aliphatic heterocycles. The van der Waals surface area contributed by atoms with E-state index in [0.29, 0.717) is 6.04 Å². The molecule has 1 aromatic rings. The normalized spacial score (nSPS) is 24.9. The van der Waals surface area contributed by atoms with Crippen molar-refractivity contribution in [2.45, 2.75) is 32.0 Å². The first-order valence-corrected chi connectivity index (χ1v) is 6.38. The molecule has 0 saturated carbocycles. The van der Waals surface area contributed by atoms with E-state index >= 15 is 0 Å². The minimum Gasteiger partial charge on any atom is -0.481 e. The van der Waals surface area contributed by atoms with E-state index < -0.39 is 5.97 Å². The van der Waals surface area contributed by atoms with Crippen LogP contribution in [0.25, 0.3) is 0 Å². The summed E-state index contributed by atoms with van der Waals surface area (Å²) >= 11 is 0. The molecule has 4 nitrogen and oxygen atoms in total. The molecule has 2 atom stereocenters. The van der Waals surface area contributed by atoms with Gasteiger partial charge in [-0.1, -0.05) is 30.3 Å². The van der Waals surface area contributed by atoms with E-state index in [9.17, 15) is 4.79 Å². The first-order valence-electron chi connectivity index (χ1n) is 6.38. The van der Waals surface area contributed by atoms with Crippen LogP contribution in [0.4, 0.5) is 0 Å². The summed E-state index contributed by atoms with van der Waals surface area (Å²) in [6.07, 6.45) is 0.201. The maximum Gasteiger partial charge on any atom is 0.304 e. The van der Waals surface area contributed by atoms with Crippen LogP contribution >= 0.6 is 0 Å². The summed E-state index contributed by atoms with van der Waals surface area (Å²) < 4.78 is 0. The van der Waals surface area contributed by atoms with Crippen molar-refractivity contribution < 1.29 is 9.90 Å². The third kappa shape index (κ3) is 3.55. The van der Waals surface area contributed by atoms with Gasteiger partial charge in [0.1, 0.15) is 0 Å². The van der Waals surface area contributed by atoms with E-state index in [0.717, 1.165) is 19.6 Å². The number of nitrogens with zero attached hydrogens (tertiary/aromatic N) is 1. The third-order valence-electron chi connectivity index (χ3n) is 3.37. The van der Waals surface area contributed by atoms with E-state index in [1.54, 1.807) is 0 Å². The Morgan fingerprint density at radius 3 is 2.83 bits per heavy atom. The second kappa shape index (κ2) is 5.98. The van der Waals surface area contributed by atoms with E-state index in [1.165, 1.54) is 5.56 Å². The number of hydrogen-bond donors (Lipinski definition) is 2. The smallest absolute Gasteiger partial charge is 0.304 e. The van der Waals surface area contributed by atoms with Gasteiger partial charge in [0.2, 0.25) is 0 Å². The molecule has 18 heavy (non-hydrogen) atoms. The molecular weight excluding hydrogens is 228 g/mol. The highest BCUT2D eigenvalue weighted by Crippen LogP contribution is 2.14. The van der Waals surface area contributed by atoms with Crippen molar-refractivity contribution in [3.8, 4) is 0 Å². The van der Waals surface area contributed by atoms with Crippen LogP contribution in [-0.2, 0) is 11.3 Å². The number of benzene rings is 1. The molecule has 1 heterocycles. The number of carboxylic acid groups (broad SMARTS) is 1. The van der Waals surface area contributed by atoms with Crippen molar-refractivity contribution in [3.63, 3.8) is 0 Å². The highest BCUT2D eigenvalue weighted by Gasteiger charge is 2.27. The largest absolute Gasteiger partial charge is 0.481 e. The number of piperazine rings is 1. The number of aliphatic carboxylic acids is 1. The molecule has 0 radical (unpaired) electrons. The molecule has 0 amide bonds. The molecule has 0 aromatic heterocycles. The number of hydrogen-bond acceptors (Lipinski definition) is 3. The fourth-order valence-corrected chi connectivity index (χ4v) is 2.45. The van der Waals surface area contributed by atoms with E-state index in [4.69, 9.17) is 5.11 Å². The van der Waals surface area contributed by atoms with Gasteiger partial charge in [-0.05, 0) is 12.5 Å². The van der Waals surface area contributed by atoms with E-state index in [1.807, 2.05) is 18.2 Å². The summed E-state index contributed by atoms with van der Waals surface area (Å²) in [5.74, 6) is -0.727. The predicted molar refractivity (Wildman–Crippen MR) is 70.4 cm³/mol. The van der Waals surface area contributed by atoms with Gasteiger partial charge in [-0.2, -0.15) is 0 Å². The lowest BCUT2D eigenvalue weighted by Crippen LogP contribution is -2.55. The third-order valence-corrected chi connectivity index (χ3v) is 3.37. The van der Waals surface area contributed by atoms with Crippen LogP contribution in [0.1, 0.15) is 18.9 Å². The van der Waals surface area contributed by atoms with Crippen molar-refractivity contribution in [3.05, 3.63) is 35.9 Å². The topological polar surface area (TPSA) is 52.6 Å². The minimum atomic E-state index is -0.727. The van der Waals surface area contributed by atoms with Gasteiger partial charge in [0.05, 0.1) is 6.42 Å². The maximum atomic E-state index is 10.9. The maximum absolute atomic E-state index is 10.9. The number of rotatable bonds is 4. The van der Waals surface area contributed by atoms with Crippen LogP contribution < -0.4 is 5.32 Å². The molecule has 2 rings (SSSR count). The molecule has 1 fully saturated rings. The summed E-state index contributed by atoms with van der Waals surface area (Å²) in [7, 11) is 0. The molecule has 2 unspecified atom stereocenters. The highest BCUT2D eigenvalue weighted by molar-refractivity contribution is 5.67. The second-order valence-electron chi connectivity index (χ2n) is 4.98. The number of carbonyl (C=O) groups is 1. The van der Waals surface area contributed by atoms with E-state index in [-0.39, 0.29) is 12.5 Å². The fraction of sp³-hybridized carbons (Fsp3) is 0.500. The van der Waals surface area contributed by atoms with Crippen molar-refractivity contribution in [2.75, 3.05) is 13.1 Å². The zero-order valence-corrected chi connectivity index (χ0v) is 10.7. The highest BCUT2D eigenvalue weighted by atomic mass is 16.4. The average molecular weight is 248 g/mol. The zero-order chi connectivity index (χ0) is 13.0. The summed E-state index contributed by atoms with van der Waals surface area (Å²) in [6.45, 7) is 4.60. The quantitative estimate of drug-likeness (QED) is 0.844. The lowest BCUT2D eigenvalue weighted by atomic mass is 10.1. The molecule has 0 bridgehead atoms. The summed E-state index contributed by atoms with van der Waals surface area (Å²) in [6, 6.07) is 10.7. The minimum absolute atomic E-state index is 0.0823. The lowest BCUT2D eigenvalue weighted by molar-refractivity contribution is -0.138. The Bertz CT molecular complexity index is 394. The molecular formula is C14H20N2O2. The first kappa shape index (κ1) is 13.1. The van der Waals surface area contributed by atoms with Crippen molar-refractivity contribution >= 4 is 5.97 Å². The van der Waals surface area contributed by atoms with Gasteiger partial charge >= 0.3 is 5.97 Å². The predicted octanol–water partition coefficient (Wildman–Crippen LogP) is 1.32. The fourth-order valence-electron chi connectivity index (χ4n) is 2.45. The van der Waals surface area contributed by atoms with E-state index in [2.05, 4.69) is 29.3 Å². The van der Waals surface area contributed by atoms with Crippen LogP contribution in [0.3, 0.4) is 0 Å². The summed E-state index contributed by atoms with van der Waals surface area (Å²) in [5.41, 5.74) is 1.24. The van der Waals surface area contributed by atoms with Gasteiger partial charge in [0.15, 0.2) is 0 Å². The molecule has 4 heteroatoms. The molecule has 2 N–H and O–H groups in total. The standard InChI is InChI=1S/C14H20N2O2/c1-11-9-16(10-12-5-3-2-4-6-12)13(8-15-11)7-14(17)18/h2-6,11,13,15H,7-10H2,1H3,(H,17,18). The summed E-state index contributed by atoms with van der Waals surface area (Å²) in [4.78, 5) is 13.2. The Morgan fingerprint density at radius 1 is 1.44 bits per heavy atom. The zero-order valence-electron chi connectivity index (χ0n) is 10.7. The van der Waals surface area contributed by atoms with Crippen LogP contribution in [0.5, 0.6) is 0 Å². The molecule has 1 aromatic carbocycles. The van der Waals surface area contributed by atoms with Crippen LogP contribution in [0.2, 0.25) is 0 Å². The van der Waals surface area contributed by atoms with Gasteiger partial charge in [-0.15, -0.1) is 0 Å². The second-order valence-corrected chi connectivity index (χ2v) is 4.98. The Kier molecular flexibility index (Phi) is 4.33. The molecule has 98 valence electrons. The van der Waals surface area contributed by atoms with Gasteiger partial charge in [0.25, 0.3) is 0 Å². The molecule has 1 aliphatic rings. The Morgan fingerprint density at radius 2 is 2.17 bits per heavy atom. The summed E-state index contributed by atoms with van der Waals surface area (Å²) in [5, 5.41) is 12.3. The Labute approximate surface area is 108 Å². The van der Waals surface area contributed by atoms with Gasteiger partial charge in [-0.3, -0.25) is 9.69 Å². The van der Waals surface area contributed by atoms with Gasteiger partial charge in [0, 0.05) is 31.7 Å². The van der Waals surface area contributed by atoms with Crippen molar-refractivity contribution in [1.82, 2.24) is 10.2 Å².